The number of carbonyl (C=O) groups is 1. The van der Waals surface area contributed by atoms with Gasteiger partial charge in [-0.15, -0.1) is 0 Å². The summed E-state index contributed by atoms with van der Waals surface area (Å²) in [6.07, 6.45) is 2.72. The largest absolute Gasteiger partial charge is 0.493 e. The number of amides is 1. The van der Waals surface area contributed by atoms with E-state index in [2.05, 4.69) is 24.3 Å². The monoisotopic (exact) mass is 449 g/mol. The SMILES string of the molecule is CCCN1C(=O)C(=Cc2ccc(OCc3cccc4ccccc34)c(OC)c2)SC1=S. The molecule has 0 aromatic heterocycles. The molecule has 4 rings (SSSR count). The van der Waals surface area contributed by atoms with E-state index in [0.29, 0.717) is 33.9 Å². The van der Waals surface area contributed by atoms with E-state index in [1.54, 1.807) is 12.0 Å². The Hall–Kier alpha value is -2.83. The second-order valence-electron chi connectivity index (χ2n) is 7.17. The lowest BCUT2D eigenvalue weighted by molar-refractivity contribution is -0.122. The minimum Gasteiger partial charge on any atom is -0.493 e. The fraction of sp³-hybridized carbons (Fsp3) is 0.200. The Bertz CT molecular complexity index is 1170. The number of fused-ring (bicyclic) bond motifs is 1. The summed E-state index contributed by atoms with van der Waals surface area (Å²) in [7, 11) is 1.62. The average Bonchev–Trinajstić information content (AvgIpc) is 3.05. The summed E-state index contributed by atoms with van der Waals surface area (Å²) >= 11 is 6.68. The molecule has 6 heteroatoms. The van der Waals surface area contributed by atoms with Crippen molar-refractivity contribution in [2.24, 2.45) is 0 Å². The topological polar surface area (TPSA) is 38.8 Å². The highest BCUT2D eigenvalue weighted by atomic mass is 32.2. The molecular formula is C25H23NO3S2. The van der Waals surface area contributed by atoms with Crippen molar-refractivity contribution in [1.29, 1.82) is 0 Å². The second kappa shape index (κ2) is 9.54. The van der Waals surface area contributed by atoms with E-state index in [1.807, 2.05) is 49.4 Å². The van der Waals surface area contributed by atoms with Crippen LogP contribution in [0.4, 0.5) is 0 Å². The number of thiocarbonyl (C=S) groups is 1. The highest BCUT2D eigenvalue weighted by molar-refractivity contribution is 8.26. The van der Waals surface area contributed by atoms with Gasteiger partial charge in [0.25, 0.3) is 5.91 Å². The molecule has 3 aromatic rings. The van der Waals surface area contributed by atoms with Crippen molar-refractivity contribution >= 4 is 51.1 Å². The number of nitrogens with zero attached hydrogens (tertiary/aromatic N) is 1. The summed E-state index contributed by atoms with van der Waals surface area (Å²) in [5.74, 6) is 1.25. The van der Waals surface area contributed by atoms with Gasteiger partial charge < -0.3 is 9.47 Å². The zero-order valence-corrected chi connectivity index (χ0v) is 19.1. The van der Waals surface area contributed by atoms with Crippen molar-refractivity contribution in [3.63, 3.8) is 0 Å². The minimum atomic E-state index is -0.0351. The van der Waals surface area contributed by atoms with Gasteiger partial charge in [0.05, 0.1) is 12.0 Å². The molecule has 0 N–H and O–H groups in total. The summed E-state index contributed by atoms with van der Waals surface area (Å²) < 4.78 is 12.3. The van der Waals surface area contributed by atoms with Gasteiger partial charge in [0, 0.05) is 6.54 Å². The van der Waals surface area contributed by atoms with Gasteiger partial charge >= 0.3 is 0 Å². The molecule has 0 radical (unpaired) electrons. The predicted molar refractivity (Wildman–Crippen MR) is 131 cm³/mol. The highest BCUT2D eigenvalue weighted by Gasteiger charge is 2.31. The standard InChI is InChI=1S/C25H23NO3S2/c1-3-13-26-24(27)23(31-25(26)30)15-17-11-12-21(22(14-17)28-2)29-16-19-9-6-8-18-7-4-5-10-20(18)19/h4-12,14-15H,3,13,16H2,1-2H3. The number of carbonyl (C=O) groups excluding carboxylic acids is 1. The maximum absolute atomic E-state index is 12.6. The molecule has 0 bridgehead atoms. The molecular weight excluding hydrogens is 426 g/mol. The molecule has 0 saturated carbocycles. The number of hydrogen-bond acceptors (Lipinski definition) is 5. The number of methoxy groups -OCH3 is 1. The van der Waals surface area contributed by atoms with Crippen LogP contribution < -0.4 is 9.47 Å². The third kappa shape index (κ3) is 4.60. The number of benzene rings is 3. The lowest BCUT2D eigenvalue weighted by Gasteiger charge is -2.13. The zero-order chi connectivity index (χ0) is 21.8. The summed E-state index contributed by atoms with van der Waals surface area (Å²) in [5, 5.41) is 2.36. The van der Waals surface area contributed by atoms with Gasteiger partial charge in [0.1, 0.15) is 10.9 Å². The van der Waals surface area contributed by atoms with E-state index in [4.69, 9.17) is 21.7 Å². The van der Waals surface area contributed by atoms with Crippen molar-refractivity contribution in [3.05, 3.63) is 76.7 Å². The van der Waals surface area contributed by atoms with E-state index < -0.39 is 0 Å². The quantitative estimate of drug-likeness (QED) is 0.325. The van der Waals surface area contributed by atoms with E-state index >= 15 is 0 Å². The molecule has 0 atom stereocenters. The molecule has 0 aliphatic carbocycles. The summed E-state index contributed by atoms with van der Waals surface area (Å²) in [6.45, 7) is 3.11. The molecule has 4 nitrogen and oxygen atoms in total. The number of thioether (sulfide) groups is 1. The molecule has 31 heavy (non-hydrogen) atoms. The van der Waals surface area contributed by atoms with Gasteiger partial charge in [-0.3, -0.25) is 9.69 Å². The van der Waals surface area contributed by atoms with Crippen molar-refractivity contribution in [2.75, 3.05) is 13.7 Å². The molecule has 1 heterocycles. The van der Waals surface area contributed by atoms with Crippen molar-refractivity contribution in [2.45, 2.75) is 20.0 Å². The van der Waals surface area contributed by atoms with E-state index in [1.165, 1.54) is 22.5 Å². The van der Waals surface area contributed by atoms with Crippen molar-refractivity contribution in [3.8, 4) is 11.5 Å². The Morgan fingerprint density at radius 1 is 1.06 bits per heavy atom. The van der Waals surface area contributed by atoms with Crippen LogP contribution in [0.25, 0.3) is 16.8 Å². The fourth-order valence-corrected chi connectivity index (χ4v) is 4.84. The van der Waals surface area contributed by atoms with E-state index in [9.17, 15) is 4.79 Å². The second-order valence-corrected chi connectivity index (χ2v) is 8.85. The third-order valence-electron chi connectivity index (χ3n) is 5.07. The first-order valence-electron chi connectivity index (χ1n) is 10.1. The predicted octanol–water partition coefficient (Wildman–Crippen LogP) is 6.04. The maximum Gasteiger partial charge on any atom is 0.266 e. The van der Waals surface area contributed by atoms with Gasteiger partial charge in [-0.05, 0) is 46.5 Å². The highest BCUT2D eigenvalue weighted by Crippen LogP contribution is 2.35. The molecule has 1 fully saturated rings. The van der Waals surface area contributed by atoms with E-state index in [0.717, 1.165) is 17.5 Å². The van der Waals surface area contributed by atoms with Crippen molar-refractivity contribution in [1.82, 2.24) is 4.90 Å². The molecule has 0 unspecified atom stereocenters. The number of rotatable bonds is 7. The first-order valence-corrected chi connectivity index (χ1v) is 11.4. The summed E-state index contributed by atoms with van der Waals surface area (Å²) in [4.78, 5) is 14.9. The molecule has 1 saturated heterocycles. The van der Waals surface area contributed by atoms with Gasteiger partial charge in [-0.1, -0.05) is 79.4 Å². The van der Waals surface area contributed by atoms with Gasteiger partial charge in [0.15, 0.2) is 11.5 Å². The van der Waals surface area contributed by atoms with Crippen LogP contribution in [0.3, 0.4) is 0 Å². The Kier molecular flexibility index (Phi) is 6.59. The fourth-order valence-electron chi connectivity index (χ4n) is 3.53. The number of ether oxygens (including phenoxy) is 2. The van der Waals surface area contributed by atoms with Crippen molar-refractivity contribution < 1.29 is 14.3 Å². The maximum atomic E-state index is 12.6. The van der Waals surface area contributed by atoms with E-state index in [-0.39, 0.29) is 5.91 Å². The first-order chi connectivity index (χ1) is 15.1. The van der Waals surface area contributed by atoms with Gasteiger partial charge in [-0.2, -0.15) is 0 Å². The Labute approximate surface area is 191 Å². The molecule has 1 amide bonds. The van der Waals surface area contributed by atoms with Crippen LogP contribution in [-0.2, 0) is 11.4 Å². The molecule has 1 aliphatic heterocycles. The zero-order valence-electron chi connectivity index (χ0n) is 17.5. The van der Waals surface area contributed by atoms with Crippen LogP contribution in [0.1, 0.15) is 24.5 Å². The molecule has 0 spiro atoms. The average molecular weight is 450 g/mol. The van der Waals surface area contributed by atoms with Crippen LogP contribution in [0, 0.1) is 0 Å². The Balaban J connectivity index is 1.53. The van der Waals surface area contributed by atoms with Crippen LogP contribution in [0.15, 0.2) is 65.6 Å². The normalized spacial score (nSPS) is 15.2. The lowest BCUT2D eigenvalue weighted by Crippen LogP contribution is -2.28. The Morgan fingerprint density at radius 3 is 2.68 bits per heavy atom. The molecule has 3 aromatic carbocycles. The smallest absolute Gasteiger partial charge is 0.266 e. The summed E-state index contributed by atoms with van der Waals surface area (Å²) in [5.41, 5.74) is 1.98. The van der Waals surface area contributed by atoms with Crippen LogP contribution in [0.5, 0.6) is 11.5 Å². The summed E-state index contributed by atoms with van der Waals surface area (Å²) in [6, 6.07) is 20.1. The molecule has 1 aliphatic rings. The first kappa shape index (κ1) is 21.4. The van der Waals surface area contributed by atoms with Crippen LogP contribution in [0.2, 0.25) is 0 Å². The number of hydrogen-bond donors (Lipinski definition) is 0. The van der Waals surface area contributed by atoms with Crippen LogP contribution >= 0.6 is 24.0 Å². The lowest BCUT2D eigenvalue weighted by atomic mass is 10.1. The van der Waals surface area contributed by atoms with Gasteiger partial charge in [-0.25, -0.2) is 0 Å². The Morgan fingerprint density at radius 2 is 1.87 bits per heavy atom. The van der Waals surface area contributed by atoms with Crippen LogP contribution in [-0.4, -0.2) is 28.8 Å². The third-order valence-corrected chi connectivity index (χ3v) is 6.45. The molecule has 158 valence electrons. The van der Waals surface area contributed by atoms with Gasteiger partial charge in [0.2, 0.25) is 0 Å². The minimum absolute atomic E-state index is 0.0351.